The number of ether oxygens (including phenoxy) is 2. The molecule has 0 N–H and O–H groups in total. The lowest BCUT2D eigenvalue weighted by molar-refractivity contribution is 0.0463. The van der Waals surface area contributed by atoms with Crippen molar-refractivity contribution in [2.24, 2.45) is 0 Å². The van der Waals surface area contributed by atoms with E-state index in [2.05, 4.69) is 4.98 Å². The summed E-state index contributed by atoms with van der Waals surface area (Å²) in [6.07, 6.45) is 1.71. The van der Waals surface area contributed by atoms with Crippen LogP contribution < -0.4 is 0 Å². The van der Waals surface area contributed by atoms with Crippen LogP contribution in [0.15, 0.2) is 42.5 Å². The van der Waals surface area contributed by atoms with Crippen LogP contribution in [0.1, 0.15) is 46.3 Å². The highest BCUT2D eigenvalue weighted by Gasteiger charge is 2.14. The van der Waals surface area contributed by atoms with E-state index in [0.717, 1.165) is 18.4 Å². The average Bonchev–Trinajstić information content (AvgIpc) is 2.61. The Hall–Kier alpha value is -2.40. The quantitative estimate of drug-likeness (QED) is 0.558. The summed E-state index contributed by atoms with van der Waals surface area (Å²) in [5, 5.41) is 0.612. The molecule has 126 valence electrons. The summed E-state index contributed by atoms with van der Waals surface area (Å²) >= 11 is 5.80. The second-order valence-electron chi connectivity index (χ2n) is 5.10. The molecule has 6 heteroatoms. The second kappa shape index (κ2) is 9.03. The molecule has 0 atom stereocenters. The molecule has 0 aliphatic carbocycles. The number of aromatic nitrogens is 1. The number of carbonyl (C=O) groups is 2. The fraction of sp³-hybridized carbons (Fsp3) is 0.278. The summed E-state index contributed by atoms with van der Waals surface area (Å²) in [7, 11) is 0. The van der Waals surface area contributed by atoms with Crippen molar-refractivity contribution in [3.8, 4) is 0 Å². The third-order valence-corrected chi connectivity index (χ3v) is 3.43. The van der Waals surface area contributed by atoms with Gasteiger partial charge in [-0.1, -0.05) is 43.1 Å². The molecule has 2 aromatic rings. The van der Waals surface area contributed by atoms with Crippen molar-refractivity contribution in [3.63, 3.8) is 0 Å². The minimum Gasteiger partial charge on any atom is -0.461 e. The van der Waals surface area contributed by atoms with E-state index in [1.165, 1.54) is 12.1 Å². The van der Waals surface area contributed by atoms with Gasteiger partial charge in [-0.05, 0) is 36.2 Å². The Kier molecular flexibility index (Phi) is 6.75. The zero-order valence-electron chi connectivity index (χ0n) is 13.3. The van der Waals surface area contributed by atoms with Crippen LogP contribution in [0.5, 0.6) is 0 Å². The Morgan fingerprint density at radius 3 is 2.25 bits per heavy atom. The van der Waals surface area contributed by atoms with Crippen LogP contribution >= 0.6 is 11.6 Å². The number of rotatable bonds is 7. The molecule has 0 aliphatic rings. The highest BCUT2D eigenvalue weighted by Crippen LogP contribution is 2.11. The third kappa shape index (κ3) is 5.35. The van der Waals surface area contributed by atoms with Gasteiger partial charge < -0.3 is 9.47 Å². The number of carbonyl (C=O) groups excluding carboxylic acids is 2. The van der Waals surface area contributed by atoms with Gasteiger partial charge in [-0.15, -0.1) is 0 Å². The van der Waals surface area contributed by atoms with Crippen LogP contribution in [-0.4, -0.2) is 23.5 Å². The summed E-state index contributed by atoms with van der Waals surface area (Å²) in [6, 6.07) is 11.5. The van der Waals surface area contributed by atoms with Gasteiger partial charge in [0.15, 0.2) is 0 Å². The van der Waals surface area contributed by atoms with Gasteiger partial charge in [0.05, 0.1) is 6.61 Å². The lowest BCUT2D eigenvalue weighted by Crippen LogP contribution is -2.13. The van der Waals surface area contributed by atoms with Gasteiger partial charge in [0.2, 0.25) is 0 Å². The maximum Gasteiger partial charge on any atom is 0.357 e. The molecule has 1 aromatic heterocycles. The summed E-state index contributed by atoms with van der Waals surface area (Å²) in [5.74, 6) is -1.15. The van der Waals surface area contributed by atoms with Gasteiger partial charge >= 0.3 is 11.9 Å². The predicted octanol–water partition coefficient (Wildman–Crippen LogP) is 4.05. The van der Waals surface area contributed by atoms with E-state index >= 15 is 0 Å². The molecule has 0 aliphatic heterocycles. The largest absolute Gasteiger partial charge is 0.461 e. The van der Waals surface area contributed by atoms with E-state index in [4.69, 9.17) is 21.1 Å². The Labute approximate surface area is 145 Å². The molecule has 1 aromatic carbocycles. The van der Waals surface area contributed by atoms with Crippen LogP contribution in [0.3, 0.4) is 0 Å². The van der Waals surface area contributed by atoms with Crippen LogP contribution in [0.25, 0.3) is 0 Å². The first-order chi connectivity index (χ1) is 11.6. The van der Waals surface area contributed by atoms with Crippen LogP contribution in [-0.2, 0) is 16.1 Å². The highest BCUT2D eigenvalue weighted by molar-refractivity contribution is 6.30. The first-order valence-electron chi connectivity index (χ1n) is 7.66. The third-order valence-electron chi connectivity index (χ3n) is 3.18. The monoisotopic (exact) mass is 347 g/mol. The van der Waals surface area contributed by atoms with E-state index in [1.54, 1.807) is 30.3 Å². The maximum atomic E-state index is 12.1. The normalized spacial score (nSPS) is 10.2. The van der Waals surface area contributed by atoms with Gasteiger partial charge in [-0.3, -0.25) is 0 Å². The predicted molar refractivity (Wildman–Crippen MR) is 90.0 cm³/mol. The Balaban J connectivity index is 1.95. The number of esters is 2. The number of hydrogen-bond donors (Lipinski definition) is 0. The number of halogens is 1. The minimum atomic E-state index is -0.604. The van der Waals surface area contributed by atoms with Crippen LogP contribution in [0, 0.1) is 0 Å². The summed E-state index contributed by atoms with van der Waals surface area (Å²) in [6.45, 7) is 2.44. The first-order valence-corrected chi connectivity index (χ1v) is 8.03. The maximum absolute atomic E-state index is 12.1. The Bertz CT molecular complexity index is 700. The van der Waals surface area contributed by atoms with Crippen molar-refractivity contribution < 1.29 is 19.1 Å². The lowest BCUT2D eigenvalue weighted by Gasteiger charge is -2.06. The second-order valence-corrected chi connectivity index (χ2v) is 5.54. The molecular weight excluding hydrogens is 330 g/mol. The molecule has 0 amide bonds. The molecule has 5 nitrogen and oxygen atoms in total. The van der Waals surface area contributed by atoms with Crippen molar-refractivity contribution in [3.05, 3.63) is 64.4 Å². The number of hydrogen-bond acceptors (Lipinski definition) is 5. The van der Waals surface area contributed by atoms with Gasteiger partial charge in [-0.25, -0.2) is 14.6 Å². The van der Waals surface area contributed by atoms with Crippen LogP contribution in [0.2, 0.25) is 5.02 Å². The Morgan fingerprint density at radius 2 is 1.62 bits per heavy atom. The molecule has 24 heavy (non-hydrogen) atoms. The number of benzene rings is 1. The van der Waals surface area contributed by atoms with Gasteiger partial charge in [0.1, 0.15) is 18.0 Å². The molecule has 1 heterocycles. The van der Waals surface area contributed by atoms with Gasteiger partial charge in [0.25, 0.3) is 0 Å². The zero-order valence-corrected chi connectivity index (χ0v) is 14.1. The summed E-state index contributed by atoms with van der Waals surface area (Å²) in [5.41, 5.74) is 0.962. The van der Waals surface area contributed by atoms with Crippen molar-refractivity contribution in [2.45, 2.75) is 26.4 Å². The summed E-state index contributed by atoms with van der Waals surface area (Å²) in [4.78, 5) is 27.9. The summed E-state index contributed by atoms with van der Waals surface area (Å²) < 4.78 is 10.3. The average molecular weight is 348 g/mol. The van der Waals surface area contributed by atoms with Crippen molar-refractivity contribution in [1.82, 2.24) is 4.98 Å². The lowest BCUT2D eigenvalue weighted by atomic mass is 10.2. The van der Waals surface area contributed by atoms with Crippen molar-refractivity contribution in [1.29, 1.82) is 0 Å². The fourth-order valence-electron chi connectivity index (χ4n) is 1.85. The number of nitrogens with zero attached hydrogens (tertiary/aromatic N) is 1. The van der Waals surface area contributed by atoms with E-state index in [-0.39, 0.29) is 18.0 Å². The number of unbranched alkanes of at least 4 members (excludes halogenated alkanes) is 1. The molecule has 0 saturated carbocycles. The van der Waals surface area contributed by atoms with E-state index in [0.29, 0.717) is 11.6 Å². The highest BCUT2D eigenvalue weighted by atomic mass is 35.5. The molecular formula is C18H18ClNO4. The van der Waals surface area contributed by atoms with Gasteiger partial charge in [0, 0.05) is 5.02 Å². The Morgan fingerprint density at radius 1 is 1.00 bits per heavy atom. The topological polar surface area (TPSA) is 65.5 Å². The molecule has 0 spiro atoms. The van der Waals surface area contributed by atoms with E-state index in [1.807, 2.05) is 6.92 Å². The molecule has 0 saturated heterocycles. The van der Waals surface area contributed by atoms with Crippen molar-refractivity contribution in [2.75, 3.05) is 6.61 Å². The first kappa shape index (κ1) is 17.9. The zero-order chi connectivity index (χ0) is 17.4. The van der Waals surface area contributed by atoms with E-state index < -0.39 is 11.9 Å². The van der Waals surface area contributed by atoms with E-state index in [9.17, 15) is 9.59 Å². The molecule has 2 rings (SSSR count). The molecule has 0 radical (unpaired) electrons. The fourth-order valence-corrected chi connectivity index (χ4v) is 1.97. The SMILES string of the molecule is CCCCOC(=O)c1cccc(C(=O)OCc2ccc(Cl)cc2)n1. The smallest absolute Gasteiger partial charge is 0.357 e. The molecule has 0 bridgehead atoms. The van der Waals surface area contributed by atoms with Crippen LogP contribution in [0.4, 0.5) is 0 Å². The minimum absolute atomic E-state index is 0.0638. The number of pyridine rings is 1. The molecule has 0 fully saturated rings. The molecule has 0 unspecified atom stereocenters. The standard InChI is InChI=1S/C18H18ClNO4/c1-2-3-11-23-17(21)15-5-4-6-16(20-15)18(22)24-12-13-7-9-14(19)10-8-13/h4-10H,2-3,11-12H2,1H3. The van der Waals surface area contributed by atoms with Gasteiger partial charge in [-0.2, -0.15) is 0 Å². The van der Waals surface area contributed by atoms with Crippen molar-refractivity contribution >= 4 is 23.5 Å².